The average molecular weight is 259 g/mol. The Kier molecular flexibility index (Phi) is 3.46. The van der Waals surface area contributed by atoms with Crippen molar-refractivity contribution in [3.05, 3.63) is 22.3 Å². The lowest BCUT2D eigenvalue weighted by molar-refractivity contribution is -0.135. The third kappa shape index (κ3) is 2.45. The summed E-state index contributed by atoms with van der Waals surface area (Å²) in [5.41, 5.74) is 1.03. The zero-order valence-electron chi connectivity index (χ0n) is 7.99. The summed E-state index contributed by atoms with van der Waals surface area (Å²) >= 11 is 3.37. The molecule has 5 heteroatoms. The molecule has 0 fully saturated rings. The van der Waals surface area contributed by atoms with E-state index in [1.54, 1.807) is 18.1 Å². The molecule has 1 N–H and O–H groups in total. The first-order valence-electron chi connectivity index (χ1n) is 4.06. The Morgan fingerprint density at radius 2 is 2.36 bits per heavy atom. The summed E-state index contributed by atoms with van der Waals surface area (Å²) in [5, 5.41) is 8.62. The normalized spacial score (nSPS) is 9.93. The number of carboxylic acid groups (broad SMARTS) is 1. The molecule has 0 unspecified atom stereocenters. The molecule has 0 aliphatic heterocycles. The number of anilines is 1. The Hall–Kier alpha value is -1.10. The van der Waals surface area contributed by atoms with Crippen molar-refractivity contribution in [2.75, 3.05) is 18.5 Å². The van der Waals surface area contributed by atoms with Crippen molar-refractivity contribution in [1.82, 2.24) is 4.98 Å². The minimum Gasteiger partial charge on any atom is -0.480 e. The highest BCUT2D eigenvalue weighted by atomic mass is 79.9. The SMILES string of the molecule is Cc1ccnc(N(C)CC(=O)O)c1Br. The van der Waals surface area contributed by atoms with Gasteiger partial charge in [0.05, 0.1) is 4.47 Å². The van der Waals surface area contributed by atoms with E-state index in [0.717, 1.165) is 10.0 Å². The summed E-state index contributed by atoms with van der Waals surface area (Å²) in [5.74, 6) is -0.227. The van der Waals surface area contributed by atoms with E-state index in [0.29, 0.717) is 5.82 Å². The highest BCUT2D eigenvalue weighted by Gasteiger charge is 2.11. The number of aliphatic carboxylic acids is 1. The molecule has 0 saturated heterocycles. The van der Waals surface area contributed by atoms with Crippen LogP contribution in [0.5, 0.6) is 0 Å². The van der Waals surface area contributed by atoms with Crippen molar-refractivity contribution in [1.29, 1.82) is 0 Å². The molecule has 76 valence electrons. The second-order valence-corrected chi connectivity index (χ2v) is 3.81. The fourth-order valence-electron chi connectivity index (χ4n) is 1.07. The van der Waals surface area contributed by atoms with Crippen molar-refractivity contribution in [2.24, 2.45) is 0 Å². The molecular weight excluding hydrogens is 248 g/mol. The second-order valence-electron chi connectivity index (χ2n) is 3.02. The first kappa shape index (κ1) is 11.0. The second kappa shape index (κ2) is 4.41. The summed E-state index contributed by atoms with van der Waals surface area (Å²) in [7, 11) is 1.70. The molecule has 0 atom stereocenters. The van der Waals surface area contributed by atoms with Crippen molar-refractivity contribution in [3.8, 4) is 0 Å². The van der Waals surface area contributed by atoms with E-state index < -0.39 is 5.97 Å². The van der Waals surface area contributed by atoms with Gasteiger partial charge < -0.3 is 10.0 Å². The van der Waals surface area contributed by atoms with E-state index in [1.165, 1.54) is 0 Å². The lowest BCUT2D eigenvalue weighted by atomic mass is 10.3. The van der Waals surface area contributed by atoms with Crippen LogP contribution in [0.3, 0.4) is 0 Å². The molecule has 0 aliphatic carbocycles. The molecule has 1 heterocycles. The minimum absolute atomic E-state index is 0.0605. The maximum absolute atomic E-state index is 10.5. The number of carboxylic acids is 1. The molecule has 0 bridgehead atoms. The van der Waals surface area contributed by atoms with Gasteiger partial charge in [0.25, 0.3) is 0 Å². The van der Waals surface area contributed by atoms with Gasteiger partial charge in [-0.2, -0.15) is 0 Å². The van der Waals surface area contributed by atoms with Gasteiger partial charge in [-0.15, -0.1) is 0 Å². The Morgan fingerprint density at radius 1 is 1.71 bits per heavy atom. The molecule has 0 saturated carbocycles. The fourth-order valence-corrected chi connectivity index (χ4v) is 1.61. The number of likely N-dealkylation sites (N-methyl/N-ethyl adjacent to an activating group) is 1. The number of aromatic nitrogens is 1. The molecular formula is C9H11BrN2O2. The van der Waals surface area contributed by atoms with Crippen LogP contribution >= 0.6 is 15.9 Å². The lowest BCUT2D eigenvalue weighted by Gasteiger charge is -2.17. The quantitative estimate of drug-likeness (QED) is 0.897. The van der Waals surface area contributed by atoms with Crippen LogP contribution in [0, 0.1) is 6.92 Å². The number of nitrogens with zero attached hydrogens (tertiary/aromatic N) is 2. The van der Waals surface area contributed by atoms with E-state index >= 15 is 0 Å². The monoisotopic (exact) mass is 258 g/mol. The number of hydrogen-bond acceptors (Lipinski definition) is 3. The van der Waals surface area contributed by atoms with Gasteiger partial charge in [-0.25, -0.2) is 4.98 Å². The number of pyridine rings is 1. The van der Waals surface area contributed by atoms with E-state index in [2.05, 4.69) is 20.9 Å². The van der Waals surface area contributed by atoms with Gasteiger partial charge in [0.15, 0.2) is 0 Å². The Labute approximate surface area is 90.7 Å². The summed E-state index contributed by atoms with van der Waals surface area (Å²) in [6.45, 7) is 1.87. The zero-order valence-corrected chi connectivity index (χ0v) is 9.58. The van der Waals surface area contributed by atoms with Crippen LogP contribution < -0.4 is 4.90 Å². The van der Waals surface area contributed by atoms with Gasteiger partial charge in [0, 0.05) is 13.2 Å². The van der Waals surface area contributed by atoms with Crippen molar-refractivity contribution in [2.45, 2.75) is 6.92 Å². The Bertz CT molecular complexity index is 355. The van der Waals surface area contributed by atoms with E-state index in [1.807, 2.05) is 13.0 Å². The van der Waals surface area contributed by atoms with Crippen molar-refractivity contribution < 1.29 is 9.90 Å². The summed E-state index contributed by atoms with van der Waals surface area (Å²) in [6.07, 6.45) is 1.66. The third-order valence-electron chi connectivity index (χ3n) is 1.80. The lowest BCUT2D eigenvalue weighted by Crippen LogP contribution is -2.26. The summed E-state index contributed by atoms with van der Waals surface area (Å²) in [4.78, 5) is 16.2. The molecule has 0 amide bonds. The van der Waals surface area contributed by atoms with Crippen LogP contribution in [0.2, 0.25) is 0 Å². The maximum Gasteiger partial charge on any atom is 0.323 e. The zero-order chi connectivity index (χ0) is 10.7. The van der Waals surface area contributed by atoms with Gasteiger partial charge in [-0.3, -0.25) is 4.79 Å². The first-order chi connectivity index (χ1) is 6.52. The highest BCUT2D eigenvalue weighted by Crippen LogP contribution is 2.25. The molecule has 0 aromatic carbocycles. The average Bonchev–Trinajstić information content (AvgIpc) is 2.08. The van der Waals surface area contributed by atoms with Gasteiger partial charge in [-0.1, -0.05) is 0 Å². The van der Waals surface area contributed by atoms with Gasteiger partial charge in [-0.05, 0) is 34.5 Å². The number of halogens is 1. The number of rotatable bonds is 3. The van der Waals surface area contributed by atoms with Crippen LogP contribution in [0.4, 0.5) is 5.82 Å². The van der Waals surface area contributed by atoms with Crippen molar-refractivity contribution in [3.63, 3.8) is 0 Å². The fraction of sp³-hybridized carbons (Fsp3) is 0.333. The van der Waals surface area contributed by atoms with Gasteiger partial charge in [0.1, 0.15) is 12.4 Å². The number of hydrogen-bond donors (Lipinski definition) is 1. The number of aryl methyl sites for hydroxylation is 1. The van der Waals surface area contributed by atoms with Crippen LogP contribution in [-0.4, -0.2) is 29.7 Å². The maximum atomic E-state index is 10.5. The standard InChI is InChI=1S/C9H11BrN2O2/c1-6-3-4-11-9(8(6)10)12(2)5-7(13)14/h3-4H,5H2,1-2H3,(H,13,14). The van der Waals surface area contributed by atoms with E-state index in [4.69, 9.17) is 5.11 Å². The van der Waals surface area contributed by atoms with Crippen LogP contribution in [0.25, 0.3) is 0 Å². The molecule has 1 aromatic heterocycles. The molecule has 1 rings (SSSR count). The van der Waals surface area contributed by atoms with Crippen LogP contribution in [-0.2, 0) is 4.79 Å². The minimum atomic E-state index is -0.872. The molecule has 1 aromatic rings. The Balaban J connectivity index is 2.95. The van der Waals surface area contributed by atoms with E-state index in [9.17, 15) is 4.79 Å². The molecule has 0 aliphatic rings. The molecule has 0 radical (unpaired) electrons. The largest absolute Gasteiger partial charge is 0.480 e. The van der Waals surface area contributed by atoms with E-state index in [-0.39, 0.29) is 6.54 Å². The topological polar surface area (TPSA) is 53.4 Å². The highest BCUT2D eigenvalue weighted by molar-refractivity contribution is 9.10. The first-order valence-corrected chi connectivity index (χ1v) is 4.85. The third-order valence-corrected chi connectivity index (χ3v) is 2.78. The van der Waals surface area contributed by atoms with Crippen molar-refractivity contribution >= 4 is 27.7 Å². The summed E-state index contributed by atoms with van der Waals surface area (Å²) in [6, 6.07) is 1.86. The Morgan fingerprint density at radius 3 is 2.93 bits per heavy atom. The van der Waals surface area contributed by atoms with Crippen LogP contribution in [0.1, 0.15) is 5.56 Å². The molecule has 0 spiro atoms. The predicted molar refractivity (Wildman–Crippen MR) is 57.6 cm³/mol. The summed E-state index contributed by atoms with van der Waals surface area (Å²) < 4.78 is 0.837. The number of carbonyl (C=O) groups is 1. The molecule has 4 nitrogen and oxygen atoms in total. The molecule has 14 heavy (non-hydrogen) atoms. The van der Waals surface area contributed by atoms with Gasteiger partial charge in [0.2, 0.25) is 0 Å². The predicted octanol–water partition coefficient (Wildman–Crippen LogP) is 1.67. The smallest absolute Gasteiger partial charge is 0.323 e. The van der Waals surface area contributed by atoms with Crippen LogP contribution in [0.15, 0.2) is 16.7 Å². The van der Waals surface area contributed by atoms with Gasteiger partial charge >= 0.3 is 5.97 Å².